The number of hydrogen-bond acceptors (Lipinski definition) is 2. The van der Waals surface area contributed by atoms with Gasteiger partial charge in [-0.05, 0) is 65.0 Å². The summed E-state index contributed by atoms with van der Waals surface area (Å²) >= 11 is 5.12. The Morgan fingerprint density at radius 2 is 2.14 bits per heavy atom. The lowest BCUT2D eigenvalue weighted by molar-refractivity contribution is -0.186. The minimum Gasteiger partial charge on any atom is -0.310 e. The van der Waals surface area contributed by atoms with Crippen LogP contribution >= 0.6 is 27.3 Å². The van der Waals surface area contributed by atoms with Crippen LogP contribution in [0.3, 0.4) is 0 Å². The van der Waals surface area contributed by atoms with Crippen LogP contribution in [0.2, 0.25) is 0 Å². The third-order valence-corrected chi connectivity index (χ3v) is 5.99. The van der Waals surface area contributed by atoms with E-state index in [1.54, 1.807) is 11.3 Å². The van der Waals surface area contributed by atoms with Crippen molar-refractivity contribution in [1.29, 1.82) is 0 Å². The first-order valence-electron chi connectivity index (χ1n) is 7.45. The predicted molar refractivity (Wildman–Crippen MR) is 84.6 cm³/mol. The number of rotatable bonds is 5. The first-order valence-corrected chi connectivity index (χ1v) is 9.18. The molecule has 3 atom stereocenters. The fourth-order valence-electron chi connectivity index (χ4n) is 3.17. The van der Waals surface area contributed by atoms with Crippen molar-refractivity contribution in [3.63, 3.8) is 0 Å². The molecule has 2 rings (SSSR count). The Bertz CT molecular complexity index is 446. The monoisotopic (exact) mass is 383 g/mol. The fourth-order valence-corrected chi connectivity index (χ4v) is 4.75. The van der Waals surface area contributed by atoms with Gasteiger partial charge in [0.1, 0.15) is 0 Å². The van der Waals surface area contributed by atoms with Crippen molar-refractivity contribution in [2.24, 2.45) is 11.8 Å². The van der Waals surface area contributed by atoms with Gasteiger partial charge in [0.15, 0.2) is 0 Å². The molecule has 1 aromatic heterocycles. The highest BCUT2D eigenvalue weighted by atomic mass is 79.9. The summed E-state index contributed by atoms with van der Waals surface area (Å²) in [6.07, 6.45) is -1.01. The smallest absolute Gasteiger partial charge is 0.310 e. The molecule has 0 spiro atoms. The SMILES string of the molecule is CCCNC(c1cscc1Br)C1CCCC(C(F)(F)F)C1. The molecule has 0 saturated heterocycles. The van der Waals surface area contributed by atoms with Gasteiger partial charge in [-0.25, -0.2) is 0 Å². The van der Waals surface area contributed by atoms with Crippen LogP contribution in [0.15, 0.2) is 15.2 Å². The van der Waals surface area contributed by atoms with E-state index in [2.05, 4.69) is 33.6 Å². The number of thiophene rings is 1. The molecule has 1 aliphatic rings. The van der Waals surface area contributed by atoms with Crippen molar-refractivity contribution in [1.82, 2.24) is 5.32 Å². The van der Waals surface area contributed by atoms with Crippen LogP contribution in [0.25, 0.3) is 0 Å². The van der Waals surface area contributed by atoms with Crippen molar-refractivity contribution >= 4 is 27.3 Å². The molecule has 1 fully saturated rings. The van der Waals surface area contributed by atoms with Crippen molar-refractivity contribution in [3.8, 4) is 0 Å². The van der Waals surface area contributed by atoms with E-state index < -0.39 is 12.1 Å². The van der Waals surface area contributed by atoms with E-state index in [-0.39, 0.29) is 24.8 Å². The molecule has 120 valence electrons. The zero-order valence-electron chi connectivity index (χ0n) is 12.0. The molecule has 0 radical (unpaired) electrons. The molecular weight excluding hydrogens is 363 g/mol. The summed E-state index contributed by atoms with van der Waals surface area (Å²) < 4.78 is 40.1. The predicted octanol–water partition coefficient (Wildman–Crippen LogP) is 5.92. The standard InChI is InChI=1S/C15H21BrF3NS/c1-2-6-20-14(12-8-21-9-13(12)16)10-4-3-5-11(7-10)15(17,18)19/h8-11,14,20H,2-7H2,1H3. The number of halogens is 4. The van der Waals surface area contributed by atoms with Crippen LogP contribution in [-0.4, -0.2) is 12.7 Å². The highest BCUT2D eigenvalue weighted by Crippen LogP contribution is 2.45. The van der Waals surface area contributed by atoms with Gasteiger partial charge in [-0.3, -0.25) is 0 Å². The second kappa shape index (κ2) is 7.47. The maximum atomic E-state index is 13.0. The second-order valence-electron chi connectivity index (χ2n) is 5.77. The van der Waals surface area contributed by atoms with Gasteiger partial charge < -0.3 is 5.32 Å². The van der Waals surface area contributed by atoms with Crippen LogP contribution in [0, 0.1) is 11.8 Å². The second-order valence-corrected chi connectivity index (χ2v) is 7.37. The Kier molecular flexibility index (Phi) is 6.15. The Balaban J connectivity index is 2.15. The Morgan fingerprint density at radius 3 is 2.71 bits per heavy atom. The van der Waals surface area contributed by atoms with Gasteiger partial charge in [0.2, 0.25) is 0 Å². The van der Waals surface area contributed by atoms with E-state index in [4.69, 9.17) is 0 Å². The average molecular weight is 384 g/mol. The molecular formula is C15H21BrF3NS. The third-order valence-electron chi connectivity index (χ3n) is 4.24. The molecule has 1 nitrogen and oxygen atoms in total. The minimum absolute atomic E-state index is 0.0238. The minimum atomic E-state index is -4.06. The number of alkyl halides is 3. The lowest BCUT2D eigenvalue weighted by Gasteiger charge is -2.36. The Morgan fingerprint density at radius 1 is 1.38 bits per heavy atom. The molecule has 0 aromatic carbocycles. The lowest BCUT2D eigenvalue weighted by Crippen LogP contribution is -2.36. The summed E-state index contributed by atoms with van der Waals surface area (Å²) in [6.45, 7) is 2.91. The first kappa shape index (κ1) is 17.3. The van der Waals surface area contributed by atoms with Gasteiger partial charge in [-0.2, -0.15) is 24.5 Å². The van der Waals surface area contributed by atoms with Crippen LogP contribution in [-0.2, 0) is 0 Å². The summed E-state index contributed by atoms with van der Waals surface area (Å²) in [5, 5.41) is 7.51. The number of nitrogens with one attached hydrogen (secondary N) is 1. The molecule has 6 heteroatoms. The number of hydrogen-bond donors (Lipinski definition) is 1. The third kappa shape index (κ3) is 4.45. The Hall–Kier alpha value is -0.0700. The summed E-state index contributed by atoms with van der Waals surface area (Å²) in [5.41, 5.74) is 1.11. The zero-order valence-corrected chi connectivity index (χ0v) is 14.5. The highest BCUT2D eigenvalue weighted by molar-refractivity contribution is 9.10. The van der Waals surface area contributed by atoms with Crippen LogP contribution < -0.4 is 5.32 Å². The molecule has 1 aromatic rings. The van der Waals surface area contributed by atoms with Crippen LogP contribution in [0.5, 0.6) is 0 Å². The van der Waals surface area contributed by atoms with Gasteiger partial charge >= 0.3 is 6.18 Å². The fraction of sp³-hybridized carbons (Fsp3) is 0.733. The summed E-state index contributed by atoms with van der Waals surface area (Å²) in [6, 6.07) is 0.0238. The maximum Gasteiger partial charge on any atom is 0.391 e. The van der Waals surface area contributed by atoms with Crippen molar-refractivity contribution in [2.45, 2.75) is 51.2 Å². The molecule has 0 aliphatic heterocycles. The molecule has 1 aliphatic carbocycles. The normalized spacial score (nSPS) is 25.0. The Labute approximate surface area is 136 Å². The highest BCUT2D eigenvalue weighted by Gasteiger charge is 2.43. The summed E-state index contributed by atoms with van der Waals surface area (Å²) in [7, 11) is 0. The molecule has 3 unspecified atom stereocenters. The molecule has 1 saturated carbocycles. The van der Waals surface area contributed by atoms with E-state index in [0.717, 1.165) is 29.4 Å². The first-order chi connectivity index (χ1) is 9.93. The van der Waals surface area contributed by atoms with Crippen molar-refractivity contribution < 1.29 is 13.2 Å². The molecule has 0 amide bonds. The molecule has 1 heterocycles. The average Bonchev–Trinajstić information content (AvgIpc) is 2.85. The van der Waals surface area contributed by atoms with Gasteiger partial charge in [0.05, 0.1) is 5.92 Å². The van der Waals surface area contributed by atoms with Crippen LogP contribution in [0.1, 0.15) is 50.6 Å². The zero-order chi connectivity index (χ0) is 15.5. The van der Waals surface area contributed by atoms with E-state index in [0.29, 0.717) is 6.42 Å². The molecule has 1 N–H and O–H groups in total. The topological polar surface area (TPSA) is 12.0 Å². The summed E-state index contributed by atoms with van der Waals surface area (Å²) in [5.74, 6) is -1.08. The molecule has 0 bridgehead atoms. The van der Waals surface area contributed by atoms with E-state index in [9.17, 15) is 13.2 Å². The molecule has 21 heavy (non-hydrogen) atoms. The van der Waals surface area contributed by atoms with Crippen molar-refractivity contribution in [2.75, 3.05) is 6.54 Å². The van der Waals surface area contributed by atoms with Gasteiger partial charge in [0.25, 0.3) is 0 Å². The van der Waals surface area contributed by atoms with E-state index in [1.165, 1.54) is 0 Å². The largest absolute Gasteiger partial charge is 0.391 e. The van der Waals surface area contributed by atoms with Gasteiger partial charge in [-0.15, -0.1) is 0 Å². The summed E-state index contributed by atoms with van der Waals surface area (Å²) in [4.78, 5) is 0. The van der Waals surface area contributed by atoms with Gasteiger partial charge in [-0.1, -0.05) is 13.3 Å². The van der Waals surface area contributed by atoms with E-state index >= 15 is 0 Å². The lowest BCUT2D eigenvalue weighted by atomic mass is 9.76. The quantitative estimate of drug-likeness (QED) is 0.665. The van der Waals surface area contributed by atoms with Crippen molar-refractivity contribution in [3.05, 3.63) is 20.8 Å². The van der Waals surface area contributed by atoms with E-state index in [1.807, 2.05) is 5.38 Å². The maximum absolute atomic E-state index is 13.0. The van der Waals surface area contributed by atoms with Crippen LogP contribution in [0.4, 0.5) is 13.2 Å². The van der Waals surface area contributed by atoms with Gasteiger partial charge in [0, 0.05) is 15.9 Å².